The Morgan fingerprint density at radius 1 is 1.03 bits per heavy atom. The lowest BCUT2D eigenvalue weighted by Crippen LogP contribution is -2.39. The van der Waals surface area contributed by atoms with Gasteiger partial charge in [0.15, 0.2) is 0 Å². The van der Waals surface area contributed by atoms with Crippen LogP contribution in [0.4, 0.5) is 23.2 Å². The summed E-state index contributed by atoms with van der Waals surface area (Å²) in [6.07, 6.45) is 0.736. The largest absolute Gasteiger partial charge is 0.493 e. The van der Waals surface area contributed by atoms with Crippen molar-refractivity contribution in [1.82, 2.24) is 5.32 Å². The fraction of sp³-hybridized carbons (Fsp3) is 0.259. The van der Waals surface area contributed by atoms with E-state index in [1.807, 2.05) is 6.92 Å². The molecule has 1 N–H and O–H groups in total. The number of amides is 2. The Balaban J connectivity index is 1.58. The molecule has 0 aliphatic carbocycles. The van der Waals surface area contributed by atoms with Crippen molar-refractivity contribution < 1.29 is 31.9 Å². The lowest BCUT2D eigenvalue weighted by molar-refractivity contribution is -0.118. The van der Waals surface area contributed by atoms with Crippen LogP contribution in [0.3, 0.4) is 0 Å². The van der Waals surface area contributed by atoms with Crippen molar-refractivity contribution in [3.8, 4) is 5.75 Å². The number of hydrogen-bond acceptors (Lipinski definition) is 4. The molecule has 194 valence electrons. The van der Waals surface area contributed by atoms with Gasteiger partial charge in [0.2, 0.25) is 5.91 Å². The highest BCUT2D eigenvalue weighted by Crippen LogP contribution is 2.41. The molecule has 0 radical (unpaired) electrons. The normalized spacial score (nSPS) is 14.9. The Bertz CT molecular complexity index is 1330. The fourth-order valence-corrected chi connectivity index (χ4v) is 5.03. The van der Waals surface area contributed by atoms with Crippen molar-refractivity contribution >= 4 is 29.3 Å². The molecule has 1 unspecified atom stereocenters. The molecular formula is C27H24F4N2O3S. The SMILES string of the molecule is CCCOc1cccc(F)c1CN1C(=O)C(C)Sc2cc(C(=O)NCc3c(F)cc(F)cc3F)ccc21. The van der Waals surface area contributed by atoms with Crippen LogP contribution in [0.2, 0.25) is 0 Å². The van der Waals surface area contributed by atoms with Crippen LogP contribution in [0.1, 0.15) is 41.8 Å². The van der Waals surface area contributed by atoms with Gasteiger partial charge < -0.3 is 15.0 Å². The molecule has 0 saturated heterocycles. The summed E-state index contributed by atoms with van der Waals surface area (Å²) < 4.78 is 61.4. The van der Waals surface area contributed by atoms with Gasteiger partial charge in [-0.3, -0.25) is 9.59 Å². The van der Waals surface area contributed by atoms with E-state index in [9.17, 15) is 27.2 Å². The van der Waals surface area contributed by atoms with E-state index < -0.39 is 46.5 Å². The first-order chi connectivity index (χ1) is 17.7. The number of fused-ring (bicyclic) bond motifs is 1. The molecule has 4 rings (SSSR count). The van der Waals surface area contributed by atoms with Crippen LogP contribution in [0.25, 0.3) is 0 Å². The molecule has 3 aromatic carbocycles. The molecule has 3 aromatic rings. The Kier molecular flexibility index (Phi) is 8.06. The van der Waals surface area contributed by atoms with Gasteiger partial charge in [0, 0.05) is 40.3 Å². The highest BCUT2D eigenvalue weighted by atomic mass is 32.2. The van der Waals surface area contributed by atoms with E-state index in [4.69, 9.17) is 4.74 Å². The number of carbonyl (C=O) groups is 2. The zero-order valence-electron chi connectivity index (χ0n) is 20.1. The van der Waals surface area contributed by atoms with Crippen LogP contribution in [0.15, 0.2) is 53.4 Å². The molecule has 0 saturated carbocycles. The van der Waals surface area contributed by atoms with Crippen molar-refractivity contribution in [2.75, 3.05) is 11.5 Å². The standard InChI is InChI=1S/C27H24F4N2O3S/c1-3-9-36-24-6-4-5-20(29)19(24)14-33-23-8-7-16(10-25(23)37-15(2)27(33)35)26(34)32-13-18-21(30)11-17(28)12-22(18)31/h4-8,10-12,15H,3,9,13-14H2,1-2H3,(H,32,34). The Morgan fingerprint density at radius 2 is 1.76 bits per heavy atom. The third-order valence-corrected chi connectivity index (χ3v) is 6.95. The number of carbonyl (C=O) groups excluding carboxylic acids is 2. The number of benzene rings is 3. The minimum Gasteiger partial charge on any atom is -0.493 e. The molecule has 0 bridgehead atoms. The van der Waals surface area contributed by atoms with Crippen LogP contribution in [0.5, 0.6) is 5.75 Å². The van der Waals surface area contributed by atoms with Crippen molar-refractivity contribution in [3.63, 3.8) is 0 Å². The third kappa shape index (κ3) is 5.74. The molecule has 0 spiro atoms. The van der Waals surface area contributed by atoms with E-state index in [2.05, 4.69) is 5.32 Å². The Hall–Kier alpha value is -3.53. The van der Waals surface area contributed by atoms with Crippen LogP contribution < -0.4 is 15.0 Å². The van der Waals surface area contributed by atoms with Gasteiger partial charge >= 0.3 is 0 Å². The zero-order valence-corrected chi connectivity index (χ0v) is 20.9. The third-order valence-electron chi connectivity index (χ3n) is 5.82. The van der Waals surface area contributed by atoms with Crippen molar-refractivity contribution in [2.45, 2.75) is 43.5 Å². The zero-order chi connectivity index (χ0) is 26.7. The lowest BCUT2D eigenvalue weighted by atomic mass is 10.1. The van der Waals surface area contributed by atoms with E-state index in [1.54, 1.807) is 31.2 Å². The maximum atomic E-state index is 14.8. The second-order valence-corrected chi connectivity index (χ2v) is 9.85. The van der Waals surface area contributed by atoms with E-state index in [0.717, 1.165) is 6.42 Å². The van der Waals surface area contributed by atoms with E-state index in [0.29, 0.717) is 35.1 Å². The summed E-state index contributed by atoms with van der Waals surface area (Å²) in [6.45, 7) is 3.51. The predicted molar refractivity (Wildman–Crippen MR) is 133 cm³/mol. The number of halogens is 4. The molecule has 0 aromatic heterocycles. The molecular weight excluding hydrogens is 508 g/mol. The van der Waals surface area contributed by atoms with Crippen LogP contribution in [-0.2, 0) is 17.9 Å². The molecule has 5 nitrogen and oxygen atoms in total. The van der Waals surface area contributed by atoms with Gasteiger partial charge in [-0.2, -0.15) is 0 Å². The maximum Gasteiger partial charge on any atom is 0.251 e. The predicted octanol–water partition coefficient (Wildman–Crippen LogP) is 5.99. The van der Waals surface area contributed by atoms with Crippen molar-refractivity contribution in [1.29, 1.82) is 0 Å². The minimum absolute atomic E-state index is 0.0584. The molecule has 1 aliphatic rings. The maximum absolute atomic E-state index is 14.8. The Labute approximate surface area is 215 Å². The molecule has 2 amide bonds. The summed E-state index contributed by atoms with van der Waals surface area (Å²) in [5, 5.41) is 1.93. The van der Waals surface area contributed by atoms with Crippen LogP contribution in [-0.4, -0.2) is 23.7 Å². The van der Waals surface area contributed by atoms with Crippen LogP contribution >= 0.6 is 11.8 Å². The number of thioether (sulfide) groups is 1. The second kappa shape index (κ2) is 11.2. The summed E-state index contributed by atoms with van der Waals surface area (Å²) in [7, 11) is 0. The van der Waals surface area contributed by atoms with Gasteiger partial charge in [-0.1, -0.05) is 13.0 Å². The van der Waals surface area contributed by atoms with E-state index in [-0.39, 0.29) is 23.6 Å². The first-order valence-electron chi connectivity index (χ1n) is 11.6. The lowest BCUT2D eigenvalue weighted by Gasteiger charge is -2.33. The first-order valence-corrected chi connectivity index (χ1v) is 12.5. The smallest absolute Gasteiger partial charge is 0.251 e. The van der Waals surface area contributed by atoms with Gasteiger partial charge in [0.1, 0.15) is 29.0 Å². The van der Waals surface area contributed by atoms with Crippen molar-refractivity contribution in [3.05, 3.63) is 88.5 Å². The van der Waals surface area contributed by atoms with Crippen molar-refractivity contribution in [2.24, 2.45) is 0 Å². The summed E-state index contributed by atoms with van der Waals surface area (Å²) in [6, 6.07) is 10.2. The molecule has 37 heavy (non-hydrogen) atoms. The van der Waals surface area contributed by atoms with E-state index >= 15 is 0 Å². The minimum atomic E-state index is -1.10. The topological polar surface area (TPSA) is 58.6 Å². The fourth-order valence-electron chi connectivity index (χ4n) is 3.92. The monoisotopic (exact) mass is 532 g/mol. The summed E-state index contributed by atoms with van der Waals surface area (Å²) in [5.74, 6) is -4.21. The number of hydrogen-bond donors (Lipinski definition) is 1. The molecule has 1 aliphatic heterocycles. The van der Waals surface area contributed by atoms with E-state index in [1.165, 1.54) is 28.8 Å². The number of nitrogens with zero attached hydrogens (tertiary/aromatic N) is 1. The molecule has 1 heterocycles. The number of nitrogens with one attached hydrogen (secondary N) is 1. The highest BCUT2D eigenvalue weighted by molar-refractivity contribution is 8.01. The van der Waals surface area contributed by atoms with Gasteiger partial charge in [0.05, 0.1) is 24.1 Å². The Morgan fingerprint density at radius 3 is 2.46 bits per heavy atom. The quantitative estimate of drug-likeness (QED) is 0.362. The average molecular weight is 533 g/mol. The van der Waals surface area contributed by atoms with Gasteiger partial charge in [-0.15, -0.1) is 11.8 Å². The molecule has 0 fully saturated rings. The summed E-state index contributed by atoms with van der Waals surface area (Å²) >= 11 is 1.25. The summed E-state index contributed by atoms with van der Waals surface area (Å²) in [4.78, 5) is 27.8. The van der Waals surface area contributed by atoms with Gasteiger partial charge in [-0.05, 0) is 43.7 Å². The van der Waals surface area contributed by atoms with Gasteiger partial charge in [-0.25, -0.2) is 17.6 Å². The number of ether oxygens (including phenoxy) is 1. The second-order valence-electron chi connectivity index (χ2n) is 8.46. The average Bonchev–Trinajstić information content (AvgIpc) is 2.85. The van der Waals surface area contributed by atoms with Crippen LogP contribution in [0, 0.1) is 23.3 Å². The molecule has 1 atom stereocenters. The van der Waals surface area contributed by atoms with Gasteiger partial charge in [0.25, 0.3) is 5.91 Å². The number of anilines is 1. The number of rotatable bonds is 8. The summed E-state index contributed by atoms with van der Waals surface area (Å²) in [5.41, 5.74) is 0.497. The highest BCUT2D eigenvalue weighted by Gasteiger charge is 2.32. The molecule has 10 heteroatoms. The first kappa shape index (κ1) is 26.5.